The van der Waals surface area contributed by atoms with E-state index in [1.54, 1.807) is 0 Å². The number of rotatable bonds is 2. The van der Waals surface area contributed by atoms with Gasteiger partial charge in [-0.25, -0.2) is 4.98 Å². The SMILES string of the molecule is Cc1nc(C(C)C)c(C(C)C)s1. The van der Waals surface area contributed by atoms with Crippen molar-refractivity contribution in [2.75, 3.05) is 0 Å². The average Bonchev–Trinajstić information content (AvgIpc) is 2.31. The summed E-state index contributed by atoms with van der Waals surface area (Å²) in [6, 6.07) is 0. The number of nitrogens with zero attached hydrogens (tertiary/aromatic N) is 1. The van der Waals surface area contributed by atoms with Gasteiger partial charge in [-0.15, -0.1) is 11.3 Å². The second-order valence-corrected chi connectivity index (χ2v) is 5.03. The molecular formula is C10H17NS. The summed E-state index contributed by atoms with van der Waals surface area (Å²) in [6.45, 7) is 11.0. The molecule has 1 aromatic rings. The summed E-state index contributed by atoms with van der Waals surface area (Å²) in [7, 11) is 0. The summed E-state index contributed by atoms with van der Waals surface area (Å²) in [4.78, 5) is 6.01. The summed E-state index contributed by atoms with van der Waals surface area (Å²) in [5, 5.41) is 1.20. The molecule has 0 bridgehead atoms. The first-order chi connectivity index (χ1) is 5.52. The van der Waals surface area contributed by atoms with Gasteiger partial charge in [-0.05, 0) is 18.8 Å². The molecule has 0 saturated heterocycles. The smallest absolute Gasteiger partial charge is 0.0900 e. The minimum absolute atomic E-state index is 0.562. The third-order valence-electron chi connectivity index (χ3n) is 1.86. The molecule has 0 amide bonds. The third kappa shape index (κ3) is 1.86. The number of aromatic nitrogens is 1. The number of hydrogen-bond acceptors (Lipinski definition) is 2. The van der Waals surface area contributed by atoms with Gasteiger partial charge in [0, 0.05) is 4.88 Å². The third-order valence-corrected chi connectivity index (χ3v) is 3.15. The lowest BCUT2D eigenvalue weighted by Crippen LogP contribution is -1.94. The van der Waals surface area contributed by atoms with Crippen LogP contribution in [0.1, 0.15) is 55.1 Å². The minimum atomic E-state index is 0.562. The maximum Gasteiger partial charge on any atom is 0.0900 e. The van der Waals surface area contributed by atoms with Gasteiger partial charge in [0.15, 0.2) is 0 Å². The molecule has 0 aliphatic rings. The topological polar surface area (TPSA) is 12.9 Å². The van der Waals surface area contributed by atoms with Crippen molar-refractivity contribution in [1.29, 1.82) is 0 Å². The molecule has 0 aromatic carbocycles. The van der Waals surface area contributed by atoms with Crippen LogP contribution in [-0.4, -0.2) is 4.98 Å². The average molecular weight is 183 g/mol. The highest BCUT2D eigenvalue weighted by atomic mass is 32.1. The van der Waals surface area contributed by atoms with Gasteiger partial charge < -0.3 is 0 Å². The van der Waals surface area contributed by atoms with Crippen LogP contribution >= 0.6 is 11.3 Å². The summed E-state index contributed by atoms with van der Waals surface area (Å²) >= 11 is 1.84. The molecule has 0 spiro atoms. The molecule has 0 atom stereocenters. The fraction of sp³-hybridized carbons (Fsp3) is 0.700. The summed E-state index contributed by atoms with van der Waals surface area (Å²) in [5.74, 6) is 1.18. The van der Waals surface area contributed by atoms with Crippen molar-refractivity contribution in [3.05, 3.63) is 15.6 Å². The number of aryl methyl sites for hydroxylation is 1. The van der Waals surface area contributed by atoms with Gasteiger partial charge >= 0.3 is 0 Å². The highest BCUT2D eigenvalue weighted by molar-refractivity contribution is 7.11. The van der Waals surface area contributed by atoms with Crippen molar-refractivity contribution in [1.82, 2.24) is 4.98 Å². The van der Waals surface area contributed by atoms with E-state index >= 15 is 0 Å². The molecule has 68 valence electrons. The van der Waals surface area contributed by atoms with Gasteiger partial charge in [-0.3, -0.25) is 0 Å². The van der Waals surface area contributed by atoms with Crippen molar-refractivity contribution in [3.8, 4) is 0 Å². The molecule has 0 radical (unpaired) electrons. The van der Waals surface area contributed by atoms with Crippen molar-refractivity contribution in [3.63, 3.8) is 0 Å². The standard InChI is InChI=1S/C10H17NS/c1-6(2)9-10(7(3)4)12-8(5)11-9/h6-7H,1-5H3. The van der Waals surface area contributed by atoms with E-state index in [0.29, 0.717) is 11.8 Å². The van der Waals surface area contributed by atoms with Crippen molar-refractivity contribution in [2.45, 2.75) is 46.5 Å². The van der Waals surface area contributed by atoms with E-state index in [-0.39, 0.29) is 0 Å². The van der Waals surface area contributed by atoms with E-state index in [0.717, 1.165) is 0 Å². The molecule has 1 aromatic heterocycles. The molecule has 0 aliphatic heterocycles. The zero-order chi connectivity index (χ0) is 9.30. The molecular weight excluding hydrogens is 166 g/mol. The molecule has 1 rings (SSSR count). The predicted molar refractivity (Wildman–Crippen MR) is 55.0 cm³/mol. The van der Waals surface area contributed by atoms with E-state index < -0.39 is 0 Å². The molecule has 0 saturated carbocycles. The first-order valence-electron chi connectivity index (χ1n) is 4.49. The van der Waals surface area contributed by atoms with Crippen LogP contribution in [0.3, 0.4) is 0 Å². The van der Waals surface area contributed by atoms with E-state index in [9.17, 15) is 0 Å². The molecule has 0 aliphatic carbocycles. The molecule has 1 heterocycles. The zero-order valence-corrected chi connectivity index (χ0v) is 9.33. The lowest BCUT2D eigenvalue weighted by atomic mass is 10.0. The quantitative estimate of drug-likeness (QED) is 0.681. The maximum absolute atomic E-state index is 4.55. The lowest BCUT2D eigenvalue weighted by molar-refractivity contribution is 0.778. The normalized spacial score (nSPS) is 11.6. The Hall–Kier alpha value is -0.370. The summed E-state index contributed by atoms with van der Waals surface area (Å²) in [6.07, 6.45) is 0. The van der Waals surface area contributed by atoms with Crippen molar-refractivity contribution in [2.24, 2.45) is 0 Å². The Balaban J connectivity index is 3.08. The van der Waals surface area contributed by atoms with E-state index in [1.165, 1.54) is 15.6 Å². The Morgan fingerprint density at radius 3 is 2.00 bits per heavy atom. The summed E-state index contributed by atoms with van der Waals surface area (Å²) in [5.41, 5.74) is 1.30. The van der Waals surface area contributed by atoms with E-state index in [2.05, 4.69) is 39.6 Å². The van der Waals surface area contributed by atoms with Crippen LogP contribution in [0.2, 0.25) is 0 Å². The van der Waals surface area contributed by atoms with Crippen LogP contribution in [0.4, 0.5) is 0 Å². The highest BCUT2D eigenvalue weighted by Gasteiger charge is 2.14. The van der Waals surface area contributed by atoms with Gasteiger partial charge in [-0.1, -0.05) is 27.7 Å². The lowest BCUT2D eigenvalue weighted by Gasteiger charge is -2.07. The second kappa shape index (κ2) is 3.56. The molecule has 0 N–H and O–H groups in total. The van der Waals surface area contributed by atoms with E-state index in [4.69, 9.17) is 0 Å². The fourth-order valence-electron chi connectivity index (χ4n) is 1.29. The van der Waals surface area contributed by atoms with Gasteiger partial charge in [0.1, 0.15) is 0 Å². The molecule has 12 heavy (non-hydrogen) atoms. The Bertz CT molecular complexity index is 235. The van der Waals surface area contributed by atoms with Gasteiger partial charge in [0.2, 0.25) is 0 Å². The highest BCUT2D eigenvalue weighted by Crippen LogP contribution is 2.30. The molecule has 2 heteroatoms. The monoisotopic (exact) mass is 183 g/mol. The Kier molecular flexibility index (Phi) is 2.89. The Morgan fingerprint density at radius 1 is 1.08 bits per heavy atom. The molecule has 0 unspecified atom stereocenters. The van der Waals surface area contributed by atoms with Crippen molar-refractivity contribution >= 4 is 11.3 Å². The first-order valence-corrected chi connectivity index (χ1v) is 5.31. The summed E-state index contributed by atoms with van der Waals surface area (Å²) < 4.78 is 0. The van der Waals surface area contributed by atoms with E-state index in [1.807, 2.05) is 11.3 Å². The maximum atomic E-state index is 4.55. The van der Waals surface area contributed by atoms with Gasteiger partial charge in [0.05, 0.1) is 10.7 Å². The Labute approximate surface area is 78.8 Å². The molecule has 0 fully saturated rings. The minimum Gasteiger partial charge on any atom is -0.246 e. The van der Waals surface area contributed by atoms with Gasteiger partial charge in [0.25, 0.3) is 0 Å². The van der Waals surface area contributed by atoms with Crippen LogP contribution in [0.15, 0.2) is 0 Å². The van der Waals surface area contributed by atoms with Crippen LogP contribution in [-0.2, 0) is 0 Å². The van der Waals surface area contributed by atoms with Crippen LogP contribution in [0.5, 0.6) is 0 Å². The van der Waals surface area contributed by atoms with Crippen LogP contribution < -0.4 is 0 Å². The largest absolute Gasteiger partial charge is 0.246 e. The number of hydrogen-bond donors (Lipinski definition) is 0. The molecule has 1 nitrogen and oxygen atoms in total. The zero-order valence-electron chi connectivity index (χ0n) is 8.51. The van der Waals surface area contributed by atoms with Crippen LogP contribution in [0, 0.1) is 6.92 Å². The van der Waals surface area contributed by atoms with Crippen molar-refractivity contribution < 1.29 is 0 Å². The van der Waals surface area contributed by atoms with Gasteiger partial charge in [-0.2, -0.15) is 0 Å². The predicted octanol–water partition coefficient (Wildman–Crippen LogP) is 3.70. The first kappa shape index (κ1) is 9.72. The fourth-order valence-corrected chi connectivity index (χ4v) is 2.37. The number of thiazole rings is 1. The second-order valence-electron chi connectivity index (χ2n) is 3.79. The Morgan fingerprint density at radius 2 is 1.67 bits per heavy atom. The van der Waals surface area contributed by atoms with Crippen LogP contribution in [0.25, 0.3) is 0 Å².